The van der Waals surface area contributed by atoms with E-state index in [-0.39, 0.29) is 16.2 Å². The molecule has 1 N–H and O–H groups in total. The van der Waals surface area contributed by atoms with E-state index in [9.17, 15) is 26.0 Å². The Hall–Kier alpha value is -3.70. The summed E-state index contributed by atoms with van der Waals surface area (Å²) < 4.78 is 80.0. The zero-order chi connectivity index (χ0) is 26.2. The second-order valence-electron chi connectivity index (χ2n) is 8.61. The Morgan fingerprint density at radius 3 is 2.16 bits per heavy atom. The highest BCUT2D eigenvalue weighted by Crippen LogP contribution is 2.33. The number of rotatable bonds is 5. The lowest BCUT2D eigenvalue weighted by atomic mass is 10.1. The molecule has 0 atom stereocenters. The second-order valence-corrected chi connectivity index (χ2v) is 10.5. The van der Waals surface area contributed by atoms with Gasteiger partial charge in [-0.25, -0.2) is 12.8 Å². The van der Waals surface area contributed by atoms with Gasteiger partial charge in [0, 0.05) is 54.8 Å². The van der Waals surface area contributed by atoms with Crippen LogP contribution in [0.2, 0.25) is 0 Å². The third-order valence-corrected chi connectivity index (χ3v) is 8.18. The average Bonchev–Trinajstić information content (AvgIpc) is 2.89. The van der Waals surface area contributed by atoms with E-state index in [0.29, 0.717) is 42.9 Å². The molecule has 1 fully saturated rings. The first-order valence-electron chi connectivity index (χ1n) is 11.4. The average molecular weight is 531 g/mol. The summed E-state index contributed by atoms with van der Waals surface area (Å²) in [4.78, 5) is 6.19. The van der Waals surface area contributed by atoms with Crippen LogP contribution in [0.3, 0.4) is 0 Å². The summed E-state index contributed by atoms with van der Waals surface area (Å²) in [6.45, 7) is 1.55. The van der Waals surface area contributed by atoms with E-state index in [2.05, 4.69) is 10.3 Å². The second kappa shape index (κ2) is 9.64. The highest BCUT2D eigenvalue weighted by Gasteiger charge is 2.31. The van der Waals surface area contributed by atoms with Crippen LogP contribution in [0.4, 0.5) is 34.6 Å². The summed E-state index contributed by atoms with van der Waals surface area (Å²) in [6.07, 6.45) is -3.05. The summed E-state index contributed by atoms with van der Waals surface area (Å²) >= 11 is 0. The number of sulfonamides is 1. The van der Waals surface area contributed by atoms with Crippen molar-refractivity contribution in [1.29, 1.82) is 0 Å². The third-order valence-electron chi connectivity index (χ3n) is 6.27. The molecule has 0 amide bonds. The first-order chi connectivity index (χ1) is 17.6. The topological polar surface area (TPSA) is 65.5 Å². The minimum Gasteiger partial charge on any atom is -0.369 e. The molecule has 0 unspecified atom stereocenters. The standard InChI is InChI=1S/C26H22F4N4O2S/c27-19-2-6-21(7-3-19)33-13-15-34(16-14-33)37(35,36)22-8-4-20(5-9-22)32-24-11-12-31-25-17-18(26(28,29)30)1-10-23(24)25/h1-12,17H,13-16H2,(H,31,32). The Morgan fingerprint density at radius 2 is 1.51 bits per heavy atom. The SMILES string of the molecule is O=S(=O)(c1ccc(Nc2ccnc3cc(C(F)(F)F)ccc23)cc1)N1CCN(c2ccc(F)cc2)CC1. The van der Waals surface area contributed by atoms with Crippen molar-refractivity contribution in [3.05, 3.63) is 90.4 Å². The van der Waals surface area contributed by atoms with E-state index in [1.807, 2.05) is 4.90 Å². The van der Waals surface area contributed by atoms with Crippen molar-refractivity contribution >= 4 is 38.0 Å². The maximum absolute atomic E-state index is 13.2. The van der Waals surface area contributed by atoms with Gasteiger partial charge in [0.05, 0.1) is 16.0 Å². The van der Waals surface area contributed by atoms with Gasteiger partial charge in [-0.05, 0) is 66.7 Å². The Morgan fingerprint density at radius 1 is 0.838 bits per heavy atom. The van der Waals surface area contributed by atoms with Crippen molar-refractivity contribution in [2.75, 3.05) is 36.4 Å². The zero-order valence-electron chi connectivity index (χ0n) is 19.4. The number of nitrogens with one attached hydrogen (secondary N) is 1. The van der Waals surface area contributed by atoms with E-state index in [4.69, 9.17) is 0 Å². The van der Waals surface area contributed by atoms with Gasteiger partial charge in [-0.2, -0.15) is 17.5 Å². The number of aromatic nitrogens is 1. The molecule has 1 saturated heterocycles. The molecular weight excluding hydrogens is 508 g/mol. The van der Waals surface area contributed by atoms with E-state index >= 15 is 0 Å². The number of hydrogen-bond acceptors (Lipinski definition) is 5. The van der Waals surface area contributed by atoms with Crippen LogP contribution < -0.4 is 10.2 Å². The number of nitrogens with zero attached hydrogens (tertiary/aromatic N) is 3. The molecule has 0 spiro atoms. The molecule has 4 aromatic rings. The molecule has 1 aliphatic rings. The highest BCUT2D eigenvalue weighted by atomic mass is 32.2. The van der Waals surface area contributed by atoms with Crippen molar-refractivity contribution in [2.24, 2.45) is 0 Å². The van der Waals surface area contributed by atoms with Crippen LogP contribution in [0.25, 0.3) is 10.9 Å². The lowest BCUT2D eigenvalue weighted by Crippen LogP contribution is -2.48. The molecule has 0 bridgehead atoms. The summed E-state index contributed by atoms with van der Waals surface area (Å²) in [5.74, 6) is -0.324. The molecule has 1 aromatic heterocycles. The van der Waals surface area contributed by atoms with Crippen LogP contribution in [0.5, 0.6) is 0 Å². The maximum Gasteiger partial charge on any atom is 0.416 e. The predicted molar refractivity (Wildman–Crippen MR) is 134 cm³/mol. The number of hydrogen-bond donors (Lipinski definition) is 1. The van der Waals surface area contributed by atoms with Crippen molar-refractivity contribution in [1.82, 2.24) is 9.29 Å². The van der Waals surface area contributed by atoms with E-state index in [0.717, 1.165) is 17.8 Å². The van der Waals surface area contributed by atoms with E-state index in [1.165, 1.54) is 40.8 Å². The molecule has 192 valence electrons. The number of pyridine rings is 1. The van der Waals surface area contributed by atoms with Gasteiger partial charge in [-0.1, -0.05) is 6.07 Å². The first-order valence-corrected chi connectivity index (χ1v) is 12.9. The maximum atomic E-state index is 13.2. The Balaban J connectivity index is 1.28. The lowest BCUT2D eigenvalue weighted by Gasteiger charge is -2.35. The van der Waals surface area contributed by atoms with Crippen LogP contribution in [0.15, 0.2) is 83.9 Å². The number of anilines is 3. The number of halogens is 4. The zero-order valence-corrected chi connectivity index (χ0v) is 20.2. The lowest BCUT2D eigenvalue weighted by molar-refractivity contribution is -0.137. The van der Waals surface area contributed by atoms with Crippen LogP contribution >= 0.6 is 0 Å². The molecule has 2 heterocycles. The Bertz CT molecular complexity index is 1520. The fourth-order valence-electron chi connectivity index (χ4n) is 4.29. The number of alkyl halides is 3. The van der Waals surface area contributed by atoms with Gasteiger partial charge in [-0.15, -0.1) is 0 Å². The third kappa shape index (κ3) is 5.23. The molecular formula is C26H22F4N4O2S. The Kier molecular flexibility index (Phi) is 6.50. The number of fused-ring (bicyclic) bond motifs is 1. The Labute approximate surface area is 211 Å². The first kappa shape index (κ1) is 25.0. The smallest absolute Gasteiger partial charge is 0.369 e. The number of benzene rings is 3. The number of piperazine rings is 1. The summed E-state index contributed by atoms with van der Waals surface area (Å²) in [5, 5.41) is 3.63. The molecule has 5 rings (SSSR count). The van der Waals surface area contributed by atoms with Gasteiger partial charge >= 0.3 is 6.18 Å². The van der Waals surface area contributed by atoms with Gasteiger partial charge in [-0.3, -0.25) is 4.98 Å². The fraction of sp³-hybridized carbons (Fsp3) is 0.192. The van der Waals surface area contributed by atoms with Gasteiger partial charge < -0.3 is 10.2 Å². The van der Waals surface area contributed by atoms with Gasteiger partial charge in [0.15, 0.2) is 0 Å². The van der Waals surface area contributed by atoms with Crippen LogP contribution in [-0.4, -0.2) is 43.9 Å². The molecule has 1 aliphatic heterocycles. The molecule has 0 radical (unpaired) electrons. The summed E-state index contributed by atoms with van der Waals surface area (Å²) in [5.41, 5.74) is 1.38. The monoisotopic (exact) mass is 530 g/mol. The van der Waals surface area contributed by atoms with Crippen molar-refractivity contribution in [2.45, 2.75) is 11.1 Å². The quantitative estimate of drug-likeness (QED) is 0.338. The minimum atomic E-state index is -4.46. The van der Waals surface area contributed by atoms with Crippen molar-refractivity contribution < 1.29 is 26.0 Å². The van der Waals surface area contributed by atoms with E-state index < -0.39 is 21.8 Å². The van der Waals surface area contributed by atoms with Crippen LogP contribution in [-0.2, 0) is 16.2 Å². The van der Waals surface area contributed by atoms with Crippen molar-refractivity contribution in [3.63, 3.8) is 0 Å². The molecule has 0 saturated carbocycles. The van der Waals surface area contributed by atoms with Crippen molar-refractivity contribution in [3.8, 4) is 0 Å². The normalized spacial score (nSPS) is 15.2. The molecule has 37 heavy (non-hydrogen) atoms. The highest BCUT2D eigenvalue weighted by molar-refractivity contribution is 7.89. The molecule has 11 heteroatoms. The van der Waals surface area contributed by atoms with Gasteiger partial charge in [0.25, 0.3) is 0 Å². The summed E-state index contributed by atoms with van der Waals surface area (Å²) in [6, 6.07) is 17.3. The molecule has 3 aromatic carbocycles. The largest absolute Gasteiger partial charge is 0.416 e. The van der Waals surface area contributed by atoms with Crippen LogP contribution in [0.1, 0.15) is 5.56 Å². The minimum absolute atomic E-state index is 0.141. The fourth-order valence-corrected chi connectivity index (χ4v) is 5.71. The van der Waals surface area contributed by atoms with Gasteiger partial charge in [0.2, 0.25) is 10.0 Å². The molecule has 0 aliphatic carbocycles. The molecule has 6 nitrogen and oxygen atoms in total. The predicted octanol–water partition coefficient (Wildman–Crippen LogP) is 5.65. The van der Waals surface area contributed by atoms with E-state index in [1.54, 1.807) is 30.3 Å². The van der Waals surface area contributed by atoms with Crippen LogP contribution in [0, 0.1) is 5.82 Å². The summed E-state index contributed by atoms with van der Waals surface area (Å²) in [7, 11) is -3.72. The van der Waals surface area contributed by atoms with Gasteiger partial charge in [0.1, 0.15) is 5.82 Å².